The number of hydrogen-bond acceptors (Lipinski definition) is 6. The number of piperidine rings is 1. The highest BCUT2D eigenvalue weighted by molar-refractivity contribution is 5.88. The molecule has 160 valence electrons. The summed E-state index contributed by atoms with van der Waals surface area (Å²) in [7, 11) is 0. The van der Waals surface area contributed by atoms with Gasteiger partial charge in [-0.3, -0.25) is 4.57 Å². The quantitative estimate of drug-likeness (QED) is 0.512. The minimum absolute atomic E-state index is 0.00922. The van der Waals surface area contributed by atoms with Crippen molar-refractivity contribution in [2.75, 3.05) is 13.1 Å². The van der Waals surface area contributed by atoms with E-state index in [1.54, 1.807) is 19.1 Å². The van der Waals surface area contributed by atoms with Gasteiger partial charge in [0.15, 0.2) is 5.75 Å². The Morgan fingerprint density at radius 1 is 1.33 bits per heavy atom. The molecule has 2 aromatic heterocycles. The highest BCUT2D eigenvalue weighted by Gasteiger charge is 2.42. The van der Waals surface area contributed by atoms with Crippen LogP contribution in [0.5, 0.6) is 5.75 Å². The van der Waals surface area contributed by atoms with Crippen LogP contribution in [0.15, 0.2) is 33.6 Å². The van der Waals surface area contributed by atoms with Gasteiger partial charge >= 0.3 is 17.8 Å². The SMILES string of the molecule is CCn1c(=O)n(-c2cc(C3CCNCC3)no2)c2c(OC(=O)C(F)(F)F)cccc21. The number of carbonyl (C=O) groups is 1. The van der Waals surface area contributed by atoms with Crippen LogP contribution in [0, 0.1) is 0 Å². The lowest BCUT2D eigenvalue weighted by atomic mass is 9.95. The number of rotatable bonds is 4. The number of hydrogen-bond donors (Lipinski definition) is 1. The fraction of sp³-hybridized carbons (Fsp3) is 0.421. The van der Waals surface area contributed by atoms with Gasteiger partial charge in [0.05, 0.1) is 11.2 Å². The summed E-state index contributed by atoms with van der Waals surface area (Å²) in [6, 6.07) is 5.79. The number of benzene rings is 1. The maximum Gasteiger partial charge on any atom is 0.491 e. The fourth-order valence-electron chi connectivity index (χ4n) is 3.72. The average molecular weight is 424 g/mol. The predicted molar refractivity (Wildman–Crippen MR) is 99.8 cm³/mol. The molecule has 0 amide bonds. The van der Waals surface area contributed by atoms with E-state index in [2.05, 4.69) is 15.2 Å². The van der Waals surface area contributed by atoms with E-state index in [-0.39, 0.29) is 29.6 Å². The van der Waals surface area contributed by atoms with Crippen LogP contribution in [0.25, 0.3) is 16.9 Å². The summed E-state index contributed by atoms with van der Waals surface area (Å²) < 4.78 is 50.6. The van der Waals surface area contributed by atoms with Gasteiger partial charge in [-0.05, 0) is 45.0 Å². The van der Waals surface area contributed by atoms with Crippen LogP contribution in [-0.2, 0) is 11.3 Å². The molecule has 30 heavy (non-hydrogen) atoms. The van der Waals surface area contributed by atoms with E-state index in [0.29, 0.717) is 11.2 Å². The molecule has 1 saturated heterocycles. The van der Waals surface area contributed by atoms with E-state index < -0.39 is 17.8 Å². The van der Waals surface area contributed by atoms with Gasteiger partial charge in [-0.15, -0.1) is 0 Å². The van der Waals surface area contributed by atoms with Crippen molar-refractivity contribution in [3.63, 3.8) is 0 Å². The monoisotopic (exact) mass is 424 g/mol. The molecule has 8 nitrogen and oxygen atoms in total. The first-order chi connectivity index (χ1) is 14.3. The molecule has 0 radical (unpaired) electrons. The summed E-state index contributed by atoms with van der Waals surface area (Å²) in [4.78, 5) is 24.4. The van der Waals surface area contributed by atoms with E-state index in [0.717, 1.165) is 30.5 Å². The van der Waals surface area contributed by atoms with Gasteiger partial charge in [0.2, 0.25) is 5.88 Å². The van der Waals surface area contributed by atoms with Gasteiger partial charge in [0.25, 0.3) is 0 Å². The number of imidazole rings is 1. The summed E-state index contributed by atoms with van der Waals surface area (Å²) >= 11 is 0. The van der Waals surface area contributed by atoms with Crippen LogP contribution >= 0.6 is 0 Å². The highest BCUT2D eigenvalue weighted by Crippen LogP contribution is 2.31. The Morgan fingerprint density at radius 3 is 2.73 bits per heavy atom. The maximum atomic E-state index is 13.0. The molecule has 0 saturated carbocycles. The molecule has 0 atom stereocenters. The molecule has 3 aromatic rings. The number of para-hydroxylation sites is 1. The van der Waals surface area contributed by atoms with Gasteiger partial charge in [-0.2, -0.15) is 13.2 Å². The average Bonchev–Trinajstić information content (AvgIpc) is 3.30. The number of carbonyl (C=O) groups excluding carboxylic acids is 1. The number of nitrogens with one attached hydrogen (secondary N) is 1. The van der Waals surface area contributed by atoms with Crippen LogP contribution in [-0.4, -0.2) is 39.5 Å². The minimum Gasteiger partial charge on any atom is -0.418 e. The number of ether oxygens (including phenoxy) is 1. The van der Waals surface area contributed by atoms with Crippen LogP contribution in [0.2, 0.25) is 0 Å². The standard InChI is InChI=1S/C19H19F3N4O4/c1-2-25-13-4-3-5-14(29-17(27)19(20,21)22)16(13)26(18(25)28)15-10-12(24-30-15)11-6-8-23-9-7-11/h3-5,10-11,23H,2,6-9H2,1H3. The number of alkyl halides is 3. The van der Waals surface area contributed by atoms with Crippen LogP contribution in [0.1, 0.15) is 31.4 Å². The summed E-state index contributed by atoms with van der Waals surface area (Å²) in [5.41, 5.74) is 0.460. The molecule has 11 heteroatoms. The molecule has 0 bridgehead atoms. The zero-order valence-electron chi connectivity index (χ0n) is 16.0. The largest absolute Gasteiger partial charge is 0.491 e. The lowest BCUT2D eigenvalue weighted by Crippen LogP contribution is -2.28. The lowest BCUT2D eigenvalue weighted by Gasteiger charge is -2.19. The third-order valence-electron chi connectivity index (χ3n) is 5.16. The van der Waals surface area contributed by atoms with Gasteiger partial charge in [0, 0.05) is 18.5 Å². The van der Waals surface area contributed by atoms with E-state index >= 15 is 0 Å². The topological polar surface area (TPSA) is 91.3 Å². The molecule has 1 aromatic carbocycles. The molecule has 1 aliphatic rings. The van der Waals surface area contributed by atoms with Gasteiger partial charge < -0.3 is 14.6 Å². The van der Waals surface area contributed by atoms with Crippen molar-refractivity contribution in [2.24, 2.45) is 0 Å². The summed E-state index contributed by atoms with van der Waals surface area (Å²) in [5, 5.41) is 7.32. The molecule has 0 spiro atoms. The number of aromatic nitrogens is 3. The van der Waals surface area contributed by atoms with Crippen molar-refractivity contribution in [1.29, 1.82) is 0 Å². The summed E-state index contributed by atoms with van der Waals surface area (Å²) in [6.07, 6.45) is -3.47. The Kier molecular flexibility index (Phi) is 5.14. The Hall–Kier alpha value is -3.08. The Labute approximate surface area is 168 Å². The Morgan fingerprint density at radius 2 is 2.07 bits per heavy atom. The van der Waals surface area contributed by atoms with Crippen molar-refractivity contribution in [3.05, 3.63) is 40.4 Å². The zero-order chi connectivity index (χ0) is 21.5. The molecule has 3 heterocycles. The van der Waals surface area contributed by atoms with Gasteiger partial charge in [-0.25, -0.2) is 14.2 Å². The molecular formula is C19H19F3N4O4. The second kappa shape index (κ2) is 7.63. The predicted octanol–water partition coefficient (Wildman–Crippen LogP) is 2.73. The minimum atomic E-state index is -5.17. The van der Waals surface area contributed by atoms with Crippen molar-refractivity contribution < 1.29 is 27.2 Å². The number of fused-ring (bicyclic) bond motifs is 1. The molecular weight excluding hydrogens is 405 g/mol. The van der Waals surface area contributed by atoms with E-state index in [9.17, 15) is 22.8 Å². The van der Waals surface area contributed by atoms with E-state index in [1.165, 1.54) is 16.7 Å². The highest BCUT2D eigenvalue weighted by atomic mass is 19.4. The maximum absolute atomic E-state index is 13.0. The van der Waals surface area contributed by atoms with E-state index in [4.69, 9.17) is 4.52 Å². The summed E-state index contributed by atoms with van der Waals surface area (Å²) in [6.45, 7) is 3.65. The Balaban J connectivity index is 1.85. The molecule has 1 fully saturated rings. The van der Waals surface area contributed by atoms with Gasteiger partial charge in [-0.1, -0.05) is 11.2 Å². The van der Waals surface area contributed by atoms with Crippen molar-refractivity contribution in [3.8, 4) is 11.6 Å². The summed E-state index contributed by atoms with van der Waals surface area (Å²) in [5.74, 6) is -2.55. The third-order valence-corrected chi connectivity index (χ3v) is 5.16. The molecule has 0 aliphatic carbocycles. The van der Waals surface area contributed by atoms with Crippen molar-refractivity contribution in [1.82, 2.24) is 19.6 Å². The number of halogens is 3. The van der Waals surface area contributed by atoms with E-state index in [1.807, 2.05) is 0 Å². The van der Waals surface area contributed by atoms with Crippen LogP contribution in [0.4, 0.5) is 13.2 Å². The first-order valence-corrected chi connectivity index (χ1v) is 9.52. The molecule has 4 rings (SSSR count). The molecule has 1 aliphatic heterocycles. The fourth-order valence-corrected chi connectivity index (χ4v) is 3.72. The van der Waals surface area contributed by atoms with Crippen LogP contribution in [0.3, 0.4) is 0 Å². The third kappa shape index (κ3) is 3.49. The van der Waals surface area contributed by atoms with Gasteiger partial charge in [0.1, 0.15) is 5.52 Å². The lowest BCUT2D eigenvalue weighted by molar-refractivity contribution is -0.189. The molecule has 1 N–H and O–H groups in total. The van der Waals surface area contributed by atoms with Crippen molar-refractivity contribution >= 4 is 17.0 Å². The Bertz CT molecular complexity index is 1140. The first kappa shape index (κ1) is 20.2. The smallest absolute Gasteiger partial charge is 0.418 e. The second-order valence-electron chi connectivity index (χ2n) is 6.99. The zero-order valence-corrected chi connectivity index (χ0v) is 16.0. The molecule has 0 unspecified atom stereocenters. The van der Waals surface area contributed by atoms with Crippen LogP contribution < -0.4 is 15.7 Å². The number of nitrogens with zero attached hydrogens (tertiary/aromatic N) is 3. The first-order valence-electron chi connectivity index (χ1n) is 9.52. The number of aryl methyl sites for hydroxylation is 1. The normalized spacial score (nSPS) is 15.6. The second-order valence-corrected chi connectivity index (χ2v) is 6.99. The number of esters is 1. The van der Waals surface area contributed by atoms with Crippen molar-refractivity contribution in [2.45, 2.75) is 38.4 Å².